The molecule has 0 atom stereocenters. The SMILES string of the molecule is Cn1cc(NC(=O)c2cc(NC(=O)c3cc(NC(=O)C4=CNCC(C(=O)Nc5cc(C(=O)Nc6cc(C(=O)Nc7cc(C(=O)NCCC(=N)N)n(C)c7)n(C)c6)n(C)c5)=C4)cn3C)cn2C)cc1C(=O)NCCC(=N)N. The molecule has 1 aliphatic heterocycles. The first-order valence-corrected chi connectivity index (χ1v) is 23.3. The highest BCUT2D eigenvalue weighted by Gasteiger charge is 2.24. The second-order valence-corrected chi connectivity index (χ2v) is 17.8. The molecule has 0 saturated carbocycles. The van der Waals surface area contributed by atoms with Crippen molar-refractivity contribution in [1.29, 1.82) is 10.8 Å². The van der Waals surface area contributed by atoms with E-state index in [9.17, 15) is 38.4 Å². The number of carbonyl (C=O) groups is 8. The van der Waals surface area contributed by atoms with E-state index in [1.54, 1.807) is 82.4 Å². The van der Waals surface area contributed by atoms with Crippen molar-refractivity contribution in [1.82, 2.24) is 43.4 Å². The number of hydrogen-bond acceptors (Lipinski definition) is 11. The second kappa shape index (κ2) is 22.6. The Bertz CT molecular complexity index is 3420. The van der Waals surface area contributed by atoms with E-state index in [0.29, 0.717) is 28.4 Å². The lowest BCUT2D eigenvalue weighted by molar-refractivity contribution is -0.113. The highest BCUT2D eigenvalue weighted by molar-refractivity contribution is 6.12. The van der Waals surface area contributed by atoms with Gasteiger partial charge in [-0.15, -0.1) is 0 Å². The molecule has 0 spiro atoms. The van der Waals surface area contributed by atoms with Gasteiger partial charge in [-0.05, 0) is 42.5 Å². The summed E-state index contributed by atoms with van der Waals surface area (Å²) in [6, 6.07) is 8.91. The smallest absolute Gasteiger partial charge is 0.272 e. The van der Waals surface area contributed by atoms with Crippen LogP contribution in [0.4, 0.5) is 34.1 Å². The minimum Gasteiger partial charge on any atom is -0.388 e. The van der Waals surface area contributed by atoms with Crippen LogP contribution in [0.25, 0.3) is 0 Å². The molecule has 7 rings (SSSR count). The third kappa shape index (κ3) is 12.8. The highest BCUT2D eigenvalue weighted by Crippen LogP contribution is 2.23. The van der Waals surface area contributed by atoms with Crippen LogP contribution in [0.2, 0.25) is 0 Å². The number of amidine groups is 2. The van der Waals surface area contributed by atoms with Crippen LogP contribution >= 0.6 is 0 Å². The van der Waals surface area contributed by atoms with Crippen LogP contribution in [0, 0.1) is 10.8 Å². The molecule has 6 aromatic rings. The number of aromatic nitrogens is 6. The molecule has 1 aliphatic rings. The van der Waals surface area contributed by atoms with Crippen molar-refractivity contribution >= 4 is 93.1 Å². The van der Waals surface area contributed by atoms with Crippen molar-refractivity contribution < 1.29 is 38.4 Å². The Balaban J connectivity index is 0.904. The van der Waals surface area contributed by atoms with Gasteiger partial charge in [-0.2, -0.15) is 0 Å². The van der Waals surface area contributed by atoms with Gasteiger partial charge < -0.3 is 86.7 Å². The van der Waals surface area contributed by atoms with E-state index in [1.165, 1.54) is 73.1 Å². The molecule has 15 N–H and O–H groups in total. The molecule has 0 aliphatic carbocycles. The van der Waals surface area contributed by atoms with Crippen LogP contribution in [-0.2, 0) is 51.9 Å². The summed E-state index contributed by atoms with van der Waals surface area (Å²) in [6.45, 7) is 0.457. The Morgan fingerprint density at radius 1 is 0.434 bits per heavy atom. The summed E-state index contributed by atoms with van der Waals surface area (Å²) in [5.74, 6) is -4.11. The van der Waals surface area contributed by atoms with E-state index in [4.69, 9.17) is 22.3 Å². The van der Waals surface area contributed by atoms with E-state index in [1.807, 2.05) is 0 Å². The normalized spacial score (nSPS) is 11.8. The molecule has 396 valence electrons. The quantitative estimate of drug-likeness (QED) is 0.0386. The zero-order valence-corrected chi connectivity index (χ0v) is 42.2. The van der Waals surface area contributed by atoms with Crippen LogP contribution in [0.15, 0.2) is 97.0 Å². The van der Waals surface area contributed by atoms with Crippen molar-refractivity contribution in [2.75, 3.05) is 51.5 Å². The summed E-state index contributed by atoms with van der Waals surface area (Å²) in [6.07, 6.45) is 12.6. The van der Waals surface area contributed by atoms with Crippen molar-refractivity contribution in [2.45, 2.75) is 12.8 Å². The number of rotatable bonds is 20. The third-order valence-electron chi connectivity index (χ3n) is 11.8. The fourth-order valence-electron chi connectivity index (χ4n) is 7.98. The number of nitrogens with one attached hydrogen (secondary N) is 11. The maximum absolute atomic E-state index is 13.5. The molecule has 8 amide bonds. The van der Waals surface area contributed by atoms with Crippen molar-refractivity contribution in [2.24, 2.45) is 53.8 Å². The minimum absolute atomic E-state index is 0.0556. The predicted octanol–water partition coefficient (Wildman–Crippen LogP) is 1.83. The van der Waals surface area contributed by atoms with Crippen molar-refractivity contribution in [3.63, 3.8) is 0 Å². The van der Waals surface area contributed by atoms with Gasteiger partial charge in [0.1, 0.15) is 34.2 Å². The number of hydrogen-bond donors (Lipinski definition) is 13. The average Bonchev–Trinajstić information content (AvgIpc) is 4.22. The second-order valence-electron chi connectivity index (χ2n) is 17.8. The maximum Gasteiger partial charge on any atom is 0.272 e. The van der Waals surface area contributed by atoms with Crippen LogP contribution in [0.5, 0.6) is 0 Å². The number of anilines is 6. The van der Waals surface area contributed by atoms with Crippen molar-refractivity contribution in [3.05, 3.63) is 131 Å². The van der Waals surface area contributed by atoms with E-state index in [0.717, 1.165) is 0 Å². The van der Waals surface area contributed by atoms with Crippen molar-refractivity contribution in [3.8, 4) is 0 Å². The summed E-state index contributed by atoms with van der Waals surface area (Å²) < 4.78 is 9.16. The highest BCUT2D eigenvalue weighted by atomic mass is 16.2. The molecule has 76 heavy (non-hydrogen) atoms. The molecule has 0 aromatic carbocycles. The molecular weight excluding hydrogens is 983 g/mol. The van der Waals surface area contributed by atoms with Gasteiger partial charge in [0.25, 0.3) is 47.3 Å². The van der Waals surface area contributed by atoms with Gasteiger partial charge in [-0.25, -0.2) is 0 Å². The first-order chi connectivity index (χ1) is 36.0. The number of carbonyl (C=O) groups excluding carboxylic acids is 8. The Morgan fingerprint density at radius 2 is 0.697 bits per heavy atom. The first-order valence-electron chi connectivity index (χ1n) is 23.3. The van der Waals surface area contributed by atoms with E-state index < -0.39 is 47.3 Å². The number of dihydropyridines is 1. The van der Waals surface area contributed by atoms with Crippen LogP contribution in [0.3, 0.4) is 0 Å². The van der Waals surface area contributed by atoms with Gasteiger partial charge in [-0.3, -0.25) is 49.2 Å². The lowest BCUT2D eigenvalue weighted by Crippen LogP contribution is -2.28. The van der Waals surface area contributed by atoms with Crippen LogP contribution < -0.4 is 59.3 Å². The van der Waals surface area contributed by atoms with Crippen LogP contribution in [-0.4, -0.2) is 106 Å². The summed E-state index contributed by atoms with van der Waals surface area (Å²) in [5, 5.41) is 39.4. The summed E-state index contributed by atoms with van der Waals surface area (Å²) in [7, 11) is 9.78. The van der Waals surface area contributed by atoms with E-state index in [2.05, 4.69) is 47.9 Å². The van der Waals surface area contributed by atoms with Gasteiger partial charge in [-0.1, -0.05) is 0 Å². The largest absolute Gasteiger partial charge is 0.388 e. The first kappa shape index (κ1) is 53.5. The molecule has 27 heteroatoms. The third-order valence-corrected chi connectivity index (χ3v) is 11.8. The molecule has 0 unspecified atom stereocenters. The van der Waals surface area contributed by atoms with Gasteiger partial charge in [0, 0.05) is 124 Å². The lowest BCUT2D eigenvalue weighted by atomic mass is 10.1. The minimum atomic E-state index is -0.579. The topological polar surface area (TPSA) is 374 Å². The van der Waals surface area contributed by atoms with Gasteiger partial charge in [0.15, 0.2) is 0 Å². The van der Waals surface area contributed by atoms with E-state index >= 15 is 0 Å². The summed E-state index contributed by atoms with van der Waals surface area (Å²) >= 11 is 0. The number of nitrogens with two attached hydrogens (primary N) is 2. The molecule has 0 saturated heterocycles. The molecular formula is C49H57N19O8. The number of nitrogens with zero attached hydrogens (tertiary/aromatic N) is 6. The van der Waals surface area contributed by atoms with E-state index in [-0.39, 0.29) is 95.1 Å². The molecule has 0 fully saturated rings. The van der Waals surface area contributed by atoms with Gasteiger partial charge >= 0.3 is 0 Å². The molecule has 27 nitrogen and oxygen atoms in total. The van der Waals surface area contributed by atoms with Gasteiger partial charge in [0.05, 0.1) is 51.4 Å². The Kier molecular flexibility index (Phi) is 15.9. The van der Waals surface area contributed by atoms with Crippen LogP contribution in [0.1, 0.15) is 75.8 Å². The molecule has 7 heterocycles. The fourth-order valence-corrected chi connectivity index (χ4v) is 7.98. The molecule has 0 radical (unpaired) electrons. The standard InChI is InChI=1S/C49H57N19O8/c1-63-22-30(12-34(63)44(71)55-9-7-40(50)51)59-48(75)38-16-32(24-67(38)5)61-46(73)36-14-28(20-65(36)3)57-42(69)26-11-27(19-54-18-26)43(70)58-29-15-37(66(4)21-29)47(74)62-33-17-39(68(6)25-33)49(76)60-31-13-35(64(2)23-31)45(72)56-10-8-41(52)53/h11-18,20-25,54H,7-10,19H2,1-6H3,(H3,50,51)(H3,52,53)(H,55,71)(H,56,72)(H,57,69)(H,58,70)(H,59,75)(H,60,76)(H,61,73)(H,62,74). The average molecular weight is 1040 g/mol. The maximum atomic E-state index is 13.5. The lowest BCUT2D eigenvalue weighted by Gasteiger charge is -2.15. The zero-order valence-electron chi connectivity index (χ0n) is 42.2. The van der Waals surface area contributed by atoms with Gasteiger partial charge in [0.2, 0.25) is 0 Å². The number of amides is 8. The number of aryl methyl sites for hydroxylation is 6. The zero-order chi connectivity index (χ0) is 55.1. The summed E-state index contributed by atoms with van der Waals surface area (Å²) in [4.78, 5) is 105. The summed E-state index contributed by atoms with van der Waals surface area (Å²) in [5.41, 5.74) is 14.3. The molecule has 0 bridgehead atoms. The Labute approximate surface area is 433 Å². The fraction of sp³-hybridized carbons (Fsp3) is 0.224. The Hall–Kier alpha value is -10.3. The predicted molar refractivity (Wildman–Crippen MR) is 283 cm³/mol. The molecule has 6 aromatic heterocycles. The Morgan fingerprint density at radius 3 is 0.987 bits per heavy atom. The monoisotopic (exact) mass is 1040 g/mol.